The van der Waals surface area contributed by atoms with Gasteiger partial charge in [-0.2, -0.15) is 10.2 Å². The van der Waals surface area contributed by atoms with Crippen molar-refractivity contribution >= 4 is 11.8 Å². The van der Waals surface area contributed by atoms with Crippen molar-refractivity contribution in [3.05, 3.63) is 54.1 Å². The van der Waals surface area contributed by atoms with Crippen LogP contribution in [0, 0.1) is 11.3 Å². The molecular weight excluding hydrogens is 359 g/mol. The van der Waals surface area contributed by atoms with Gasteiger partial charge >= 0.3 is 6.36 Å². The Morgan fingerprint density at radius 1 is 0.852 bits per heavy atom. The molecule has 0 fully saturated rings. The minimum absolute atomic E-state index is 0.00988. The van der Waals surface area contributed by atoms with Gasteiger partial charge in [0.15, 0.2) is 0 Å². The van der Waals surface area contributed by atoms with Crippen molar-refractivity contribution in [3.8, 4) is 34.2 Å². The monoisotopic (exact) mass is 371 g/mol. The van der Waals surface area contributed by atoms with Crippen LogP contribution in [0.5, 0.6) is 5.75 Å². The van der Waals surface area contributed by atoms with E-state index in [9.17, 15) is 18.4 Å². The van der Waals surface area contributed by atoms with Gasteiger partial charge in [-0.15, -0.1) is 13.2 Å². The van der Waals surface area contributed by atoms with Gasteiger partial charge in [0.05, 0.1) is 5.69 Å². The van der Waals surface area contributed by atoms with Gasteiger partial charge < -0.3 is 16.2 Å². The number of ether oxygens (including phenoxy) is 1. The molecule has 2 aromatic carbocycles. The number of alkyl halides is 3. The van der Waals surface area contributed by atoms with Crippen molar-refractivity contribution in [1.29, 1.82) is 5.26 Å². The van der Waals surface area contributed by atoms with Crippen molar-refractivity contribution in [3.63, 3.8) is 0 Å². The molecule has 3 rings (SSSR count). The van der Waals surface area contributed by atoms with Gasteiger partial charge in [0.2, 0.25) is 5.95 Å². The number of hydrogen-bond donors (Lipinski definition) is 2. The topological polar surface area (TPSA) is 111 Å². The van der Waals surface area contributed by atoms with E-state index in [0.29, 0.717) is 16.8 Å². The molecule has 0 saturated carbocycles. The Labute approximate surface area is 151 Å². The summed E-state index contributed by atoms with van der Waals surface area (Å²) in [5.74, 6) is -0.358. The Hall–Kier alpha value is -3.80. The lowest BCUT2D eigenvalue weighted by Gasteiger charge is -2.10. The third-order valence-electron chi connectivity index (χ3n) is 3.65. The maximum absolute atomic E-state index is 12.2. The Bertz CT molecular complexity index is 1010. The zero-order chi connectivity index (χ0) is 19.6. The number of rotatable bonds is 3. The summed E-state index contributed by atoms with van der Waals surface area (Å²) in [5.41, 5.74) is 13.8. The molecule has 0 saturated heterocycles. The molecule has 0 radical (unpaired) electrons. The highest BCUT2D eigenvalue weighted by atomic mass is 19.4. The summed E-state index contributed by atoms with van der Waals surface area (Å²) in [7, 11) is 0. The van der Waals surface area contributed by atoms with Crippen LogP contribution in [0.4, 0.5) is 24.9 Å². The maximum Gasteiger partial charge on any atom is 0.573 e. The van der Waals surface area contributed by atoms with Gasteiger partial charge in [-0.1, -0.05) is 36.4 Å². The van der Waals surface area contributed by atoms with Crippen LogP contribution in [0.25, 0.3) is 22.4 Å². The fourth-order valence-corrected chi connectivity index (χ4v) is 2.48. The lowest BCUT2D eigenvalue weighted by atomic mass is 10.0. The number of nitrogen functional groups attached to an aromatic ring is 2. The lowest BCUT2D eigenvalue weighted by Crippen LogP contribution is -2.16. The lowest BCUT2D eigenvalue weighted by molar-refractivity contribution is -0.274. The fourth-order valence-electron chi connectivity index (χ4n) is 2.48. The molecule has 0 unspecified atom stereocenters. The summed E-state index contributed by atoms with van der Waals surface area (Å²) >= 11 is 0. The second-order valence-corrected chi connectivity index (χ2v) is 5.45. The molecule has 0 aliphatic carbocycles. The number of nitrogens with zero attached hydrogens (tertiary/aromatic N) is 3. The zero-order valence-electron chi connectivity index (χ0n) is 13.7. The second-order valence-electron chi connectivity index (χ2n) is 5.45. The molecule has 1 aromatic heterocycles. The van der Waals surface area contributed by atoms with Crippen LogP contribution in [-0.2, 0) is 0 Å². The molecule has 0 aliphatic heterocycles. The molecule has 3 aromatic rings. The van der Waals surface area contributed by atoms with Gasteiger partial charge in [-0.3, -0.25) is 0 Å². The average molecular weight is 371 g/mol. The maximum atomic E-state index is 12.2. The summed E-state index contributed by atoms with van der Waals surface area (Å²) in [4.78, 5) is 7.82. The number of benzene rings is 2. The number of nitrogens with two attached hydrogens (primary N) is 2. The van der Waals surface area contributed by atoms with Crippen molar-refractivity contribution in [1.82, 2.24) is 9.97 Å². The average Bonchev–Trinajstić information content (AvgIpc) is 2.61. The number of aromatic nitrogens is 2. The van der Waals surface area contributed by atoms with Gasteiger partial charge in [0.25, 0.3) is 0 Å². The molecular formula is C18H12F3N5O. The molecule has 0 amide bonds. The fraction of sp³-hybridized carbons (Fsp3) is 0.0556. The minimum Gasteiger partial charge on any atom is -0.406 e. The smallest absolute Gasteiger partial charge is 0.406 e. The first-order valence-electron chi connectivity index (χ1n) is 7.56. The third kappa shape index (κ3) is 4.07. The first-order valence-corrected chi connectivity index (χ1v) is 7.56. The standard InChI is InChI=1S/C18H12F3N5O/c19-18(20,21)27-13-7-5-11(6-8-13)10-1-3-12(4-2-10)15-14(9-22)16(23)26-17(24)25-15/h1-8H,(H4,23,24,25,26). The van der Waals surface area contributed by atoms with Crippen LogP contribution in [0.2, 0.25) is 0 Å². The highest BCUT2D eigenvalue weighted by molar-refractivity contribution is 5.75. The number of anilines is 2. The molecule has 0 atom stereocenters. The SMILES string of the molecule is N#Cc1c(N)nc(N)nc1-c1ccc(-c2ccc(OC(F)(F)F)cc2)cc1. The highest BCUT2D eigenvalue weighted by Crippen LogP contribution is 2.30. The van der Waals surface area contributed by atoms with Crippen molar-refractivity contribution < 1.29 is 17.9 Å². The predicted octanol–water partition coefficient (Wildman–Crippen LogP) is 3.75. The first-order chi connectivity index (χ1) is 12.8. The van der Waals surface area contributed by atoms with Crippen molar-refractivity contribution in [2.24, 2.45) is 0 Å². The summed E-state index contributed by atoms with van der Waals surface area (Å²) < 4.78 is 40.5. The van der Waals surface area contributed by atoms with Crippen LogP contribution in [-0.4, -0.2) is 16.3 Å². The number of halogens is 3. The second kappa shape index (κ2) is 6.84. The van der Waals surface area contributed by atoms with E-state index in [-0.39, 0.29) is 23.1 Å². The van der Waals surface area contributed by atoms with Crippen molar-refractivity contribution in [2.75, 3.05) is 11.5 Å². The van der Waals surface area contributed by atoms with Crippen LogP contribution < -0.4 is 16.2 Å². The molecule has 0 spiro atoms. The Kier molecular flexibility index (Phi) is 4.56. The summed E-state index contributed by atoms with van der Waals surface area (Å²) in [6.07, 6.45) is -4.73. The van der Waals surface area contributed by atoms with E-state index in [2.05, 4.69) is 14.7 Å². The number of hydrogen-bond acceptors (Lipinski definition) is 6. The molecule has 1 heterocycles. The van der Waals surface area contributed by atoms with E-state index in [1.54, 1.807) is 24.3 Å². The first kappa shape index (κ1) is 18.0. The molecule has 9 heteroatoms. The van der Waals surface area contributed by atoms with Crippen molar-refractivity contribution in [2.45, 2.75) is 6.36 Å². The Morgan fingerprint density at radius 3 is 1.89 bits per heavy atom. The van der Waals surface area contributed by atoms with E-state index in [1.807, 2.05) is 6.07 Å². The van der Waals surface area contributed by atoms with E-state index in [4.69, 9.17) is 11.5 Å². The third-order valence-corrected chi connectivity index (χ3v) is 3.65. The minimum atomic E-state index is -4.73. The zero-order valence-corrected chi connectivity index (χ0v) is 13.7. The molecule has 136 valence electrons. The quantitative estimate of drug-likeness (QED) is 0.725. The molecule has 0 aliphatic rings. The van der Waals surface area contributed by atoms with E-state index >= 15 is 0 Å². The van der Waals surface area contributed by atoms with E-state index in [0.717, 1.165) is 5.56 Å². The van der Waals surface area contributed by atoms with Crippen LogP contribution >= 0.6 is 0 Å². The molecule has 0 bridgehead atoms. The predicted molar refractivity (Wildman–Crippen MR) is 93.1 cm³/mol. The molecule has 6 nitrogen and oxygen atoms in total. The van der Waals surface area contributed by atoms with Gasteiger partial charge in [0.1, 0.15) is 23.2 Å². The van der Waals surface area contributed by atoms with E-state index < -0.39 is 6.36 Å². The normalized spacial score (nSPS) is 11.0. The van der Waals surface area contributed by atoms with Crippen LogP contribution in [0.15, 0.2) is 48.5 Å². The Balaban J connectivity index is 1.90. The molecule has 27 heavy (non-hydrogen) atoms. The van der Waals surface area contributed by atoms with Gasteiger partial charge in [-0.05, 0) is 23.3 Å². The summed E-state index contributed by atoms with van der Waals surface area (Å²) in [5, 5.41) is 9.25. The van der Waals surface area contributed by atoms with Gasteiger partial charge in [-0.25, -0.2) is 4.98 Å². The number of nitriles is 1. The van der Waals surface area contributed by atoms with Gasteiger partial charge in [0, 0.05) is 5.56 Å². The summed E-state index contributed by atoms with van der Waals surface area (Å²) in [6.45, 7) is 0. The largest absolute Gasteiger partial charge is 0.573 e. The van der Waals surface area contributed by atoms with E-state index in [1.165, 1.54) is 24.3 Å². The highest BCUT2D eigenvalue weighted by Gasteiger charge is 2.30. The van der Waals surface area contributed by atoms with Crippen LogP contribution in [0.1, 0.15) is 5.56 Å². The Morgan fingerprint density at radius 2 is 1.37 bits per heavy atom. The summed E-state index contributed by atoms with van der Waals surface area (Å²) in [6, 6.07) is 14.3. The van der Waals surface area contributed by atoms with Crippen LogP contribution in [0.3, 0.4) is 0 Å². The molecule has 4 N–H and O–H groups in total.